The number of hydrogen-bond acceptors (Lipinski definition) is 5. The lowest BCUT2D eigenvalue weighted by molar-refractivity contribution is 0.0892. The van der Waals surface area contributed by atoms with Crippen molar-refractivity contribution in [2.75, 3.05) is 20.8 Å². The summed E-state index contributed by atoms with van der Waals surface area (Å²) in [4.78, 5) is 12.6. The van der Waals surface area contributed by atoms with Crippen molar-refractivity contribution in [3.05, 3.63) is 30.0 Å². The van der Waals surface area contributed by atoms with E-state index in [1.807, 2.05) is 19.9 Å². The van der Waals surface area contributed by atoms with Crippen LogP contribution in [0.25, 0.3) is 11.3 Å². The van der Waals surface area contributed by atoms with Crippen LogP contribution in [-0.4, -0.2) is 48.1 Å². The maximum Gasteiger partial charge on any atom is 0.255 e. The fourth-order valence-corrected chi connectivity index (χ4v) is 2.57. The Hall–Kier alpha value is -2.54. The average Bonchev–Trinajstić information content (AvgIpc) is 3.14. The summed E-state index contributed by atoms with van der Waals surface area (Å²) >= 11 is 0. The summed E-state index contributed by atoms with van der Waals surface area (Å²) in [6.45, 7) is 3.91. The number of carbonyl (C=O) groups is 1. The van der Waals surface area contributed by atoms with Gasteiger partial charge < -0.3 is 19.9 Å². The van der Waals surface area contributed by atoms with E-state index in [2.05, 4.69) is 15.5 Å². The second kappa shape index (κ2) is 8.53. The molecule has 136 valence electrons. The zero-order valence-corrected chi connectivity index (χ0v) is 15.0. The predicted molar refractivity (Wildman–Crippen MR) is 94.9 cm³/mol. The number of aliphatic hydroxyl groups is 1. The third-order valence-corrected chi connectivity index (χ3v) is 4.40. The summed E-state index contributed by atoms with van der Waals surface area (Å²) in [5.41, 5.74) is 1.75. The van der Waals surface area contributed by atoms with Gasteiger partial charge in [-0.1, -0.05) is 20.3 Å². The minimum atomic E-state index is -0.300. The zero-order valence-electron chi connectivity index (χ0n) is 15.0. The molecule has 1 aromatic carbocycles. The van der Waals surface area contributed by atoms with Crippen LogP contribution in [0.5, 0.6) is 11.5 Å². The van der Waals surface area contributed by atoms with Gasteiger partial charge in [0.25, 0.3) is 5.91 Å². The maximum absolute atomic E-state index is 12.6. The van der Waals surface area contributed by atoms with Gasteiger partial charge in [0.1, 0.15) is 0 Å². The van der Waals surface area contributed by atoms with E-state index in [0.29, 0.717) is 22.8 Å². The third-order valence-electron chi connectivity index (χ3n) is 4.40. The highest BCUT2D eigenvalue weighted by Crippen LogP contribution is 2.32. The lowest BCUT2D eigenvalue weighted by atomic mass is 9.99. The number of carbonyl (C=O) groups excluding carboxylic acids is 1. The molecule has 0 saturated heterocycles. The van der Waals surface area contributed by atoms with E-state index in [9.17, 15) is 9.90 Å². The van der Waals surface area contributed by atoms with Crippen molar-refractivity contribution in [1.29, 1.82) is 0 Å². The van der Waals surface area contributed by atoms with Crippen LogP contribution in [0.1, 0.15) is 30.6 Å². The number of ether oxygens (including phenoxy) is 2. The van der Waals surface area contributed by atoms with Crippen LogP contribution in [0.3, 0.4) is 0 Å². The number of aromatic nitrogens is 2. The number of aromatic amines is 1. The van der Waals surface area contributed by atoms with Gasteiger partial charge in [-0.3, -0.25) is 9.89 Å². The Morgan fingerprint density at radius 2 is 2.04 bits per heavy atom. The Balaban J connectivity index is 2.29. The minimum absolute atomic E-state index is 0.107. The fourth-order valence-electron chi connectivity index (χ4n) is 2.57. The highest BCUT2D eigenvalue weighted by Gasteiger charge is 2.22. The summed E-state index contributed by atoms with van der Waals surface area (Å²) < 4.78 is 10.5. The molecule has 0 unspecified atom stereocenters. The molecule has 0 aliphatic heterocycles. The van der Waals surface area contributed by atoms with Crippen molar-refractivity contribution in [1.82, 2.24) is 15.5 Å². The van der Waals surface area contributed by atoms with E-state index in [-0.39, 0.29) is 24.5 Å². The van der Waals surface area contributed by atoms with Crippen molar-refractivity contribution in [2.45, 2.75) is 26.3 Å². The van der Waals surface area contributed by atoms with Gasteiger partial charge in [0, 0.05) is 5.56 Å². The normalized spacial score (nSPS) is 13.2. The van der Waals surface area contributed by atoms with Crippen molar-refractivity contribution in [3.8, 4) is 22.8 Å². The van der Waals surface area contributed by atoms with Gasteiger partial charge >= 0.3 is 0 Å². The van der Waals surface area contributed by atoms with Crippen molar-refractivity contribution < 1.29 is 19.4 Å². The van der Waals surface area contributed by atoms with E-state index in [1.165, 1.54) is 6.20 Å². The highest BCUT2D eigenvalue weighted by atomic mass is 16.5. The summed E-state index contributed by atoms with van der Waals surface area (Å²) in [6.07, 6.45) is 2.34. The standard InChI is InChI=1S/C18H25N3O4/c1-5-11(2)14(10-22)20-18(23)13-9-19-21-17(13)12-6-7-15(24-3)16(8-12)25-4/h6-9,11,14,22H,5,10H2,1-4H3,(H,19,21)(H,20,23)/t11-,14-/m1/s1. The Morgan fingerprint density at radius 1 is 1.32 bits per heavy atom. The molecule has 2 rings (SSSR count). The highest BCUT2D eigenvalue weighted by molar-refractivity contribution is 6.00. The molecule has 1 amide bonds. The molecule has 0 aliphatic carbocycles. The van der Waals surface area contributed by atoms with Gasteiger partial charge in [-0.05, 0) is 24.1 Å². The molecule has 2 aromatic rings. The van der Waals surface area contributed by atoms with Crippen LogP contribution in [0, 0.1) is 5.92 Å². The van der Waals surface area contributed by atoms with Crippen molar-refractivity contribution in [3.63, 3.8) is 0 Å². The van der Waals surface area contributed by atoms with Crippen LogP contribution < -0.4 is 14.8 Å². The maximum atomic E-state index is 12.6. The summed E-state index contributed by atoms with van der Waals surface area (Å²) in [5, 5.41) is 19.2. The Bertz CT molecular complexity index is 714. The number of nitrogens with zero attached hydrogens (tertiary/aromatic N) is 1. The number of hydrogen-bond donors (Lipinski definition) is 3. The summed E-state index contributed by atoms with van der Waals surface area (Å²) in [5.74, 6) is 1.06. The molecular formula is C18H25N3O4. The predicted octanol–water partition coefficient (Wildman–Crippen LogP) is 2.23. The Morgan fingerprint density at radius 3 is 2.64 bits per heavy atom. The monoisotopic (exact) mass is 347 g/mol. The second-order valence-corrected chi connectivity index (χ2v) is 5.88. The zero-order chi connectivity index (χ0) is 18.4. The molecule has 25 heavy (non-hydrogen) atoms. The number of nitrogens with one attached hydrogen (secondary N) is 2. The number of aliphatic hydroxyl groups excluding tert-OH is 1. The molecule has 1 aromatic heterocycles. The number of H-pyrrole nitrogens is 1. The van der Waals surface area contributed by atoms with Crippen LogP contribution in [0.15, 0.2) is 24.4 Å². The minimum Gasteiger partial charge on any atom is -0.493 e. The topological polar surface area (TPSA) is 96.5 Å². The van der Waals surface area contributed by atoms with Gasteiger partial charge in [0.2, 0.25) is 0 Å². The molecule has 3 N–H and O–H groups in total. The van der Waals surface area contributed by atoms with Crippen LogP contribution in [0.4, 0.5) is 0 Å². The van der Waals surface area contributed by atoms with Gasteiger partial charge in [-0.15, -0.1) is 0 Å². The molecule has 0 bridgehead atoms. The molecule has 7 nitrogen and oxygen atoms in total. The van der Waals surface area contributed by atoms with E-state index in [0.717, 1.165) is 12.0 Å². The lowest BCUT2D eigenvalue weighted by Crippen LogP contribution is -2.41. The van der Waals surface area contributed by atoms with Gasteiger partial charge in [0.05, 0.1) is 44.3 Å². The van der Waals surface area contributed by atoms with Gasteiger partial charge in [0.15, 0.2) is 11.5 Å². The number of benzene rings is 1. The first-order valence-corrected chi connectivity index (χ1v) is 8.23. The molecule has 1 heterocycles. The van der Waals surface area contributed by atoms with E-state index < -0.39 is 0 Å². The largest absolute Gasteiger partial charge is 0.493 e. The van der Waals surface area contributed by atoms with Crippen LogP contribution in [0.2, 0.25) is 0 Å². The van der Waals surface area contributed by atoms with Crippen molar-refractivity contribution >= 4 is 5.91 Å². The molecule has 0 radical (unpaired) electrons. The summed E-state index contributed by atoms with van der Waals surface area (Å²) in [6, 6.07) is 5.07. The molecular weight excluding hydrogens is 322 g/mol. The first-order valence-electron chi connectivity index (χ1n) is 8.23. The first kappa shape index (κ1) is 18.8. The van der Waals surface area contributed by atoms with Gasteiger partial charge in [-0.2, -0.15) is 5.10 Å². The molecule has 0 spiro atoms. The molecule has 0 aliphatic rings. The number of methoxy groups -OCH3 is 2. The molecule has 0 saturated carbocycles. The smallest absolute Gasteiger partial charge is 0.255 e. The average molecular weight is 347 g/mol. The Labute approximate surface area is 147 Å². The van der Waals surface area contributed by atoms with Crippen LogP contribution >= 0.6 is 0 Å². The molecule has 2 atom stereocenters. The molecule has 7 heteroatoms. The van der Waals surface area contributed by atoms with E-state index in [1.54, 1.807) is 26.4 Å². The van der Waals surface area contributed by atoms with Crippen molar-refractivity contribution in [2.24, 2.45) is 5.92 Å². The molecule has 0 fully saturated rings. The fraction of sp³-hybridized carbons (Fsp3) is 0.444. The first-order chi connectivity index (χ1) is 12.0. The Kier molecular flexibility index (Phi) is 6.41. The SMILES string of the molecule is CC[C@@H](C)[C@@H](CO)NC(=O)c1cn[nH]c1-c1ccc(OC)c(OC)c1. The lowest BCUT2D eigenvalue weighted by Gasteiger charge is -2.22. The third kappa shape index (κ3) is 4.11. The summed E-state index contributed by atoms with van der Waals surface area (Å²) in [7, 11) is 3.12. The van der Waals surface area contributed by atoms with Crippen LogP contribution in [-0.2, 0) is 0 Å². The van der Waals surface area contributed by atoms with Gasteiger partial charge in [-0.25, -0.2) is 0 Å². The number of amides is 1. The van der Waals surface area contributed by atoms with E-state index >= 15 is 0 Å². The number of rotatable bonds is 8. The second-order valence-electron chi connectivity index (χ2n) is 5.88. The van der Waals surface area contributed by atoms with E-state index in [4.69, 9.17) is 9.47 Å². The quantitative estimate of drug-likeness (QED) is 0.680.